The highest BCUT2D eigenvalue weighted by Gasteiger charge is 2.27. The van der Waals surface area contributed by atoms with E-state index in [1.165, 1.54) is 0 Å². The number of aryl methyl sites for hydroxylation is 1. The van der Waals surface area contributed by atoms with E-state index in [1.807, 2.05) is 18.2 Å². The normalized spacial score (nSPS) is 14.0. The Kier molecular flexibility index (Phi) is 4.87. The number of halogens is 1. The molecule has 0 unspecified atom stereocenters. The molecule has 5 nitrogen and oxygen atoms in total. The Morgan fingerprint density at radius 2 is 2.11 bits per heavy atom. The van der Waals surface area contributed by atoms with Gasteiger partial charge in [-0.3, -0.25) is 4.79 Å². The van der Waals surface area contributed by atoms with Crippen LogP contribution in [-0.2, 0) is 19.4 Å². The molecule has 27 heavy (non-hydrogen) atoms. The molecule has 0 fully saturated rings. The fourth-order valence-electron chi connectivity index (χ4n) is 3.34. The first kappa shape index (κ1) is 18.0. The molecule has 0 spiro atoms. The number of carbonyl (C=O) groups is 1. The Balaban J connectivity index is 1.53. The largest absolute Gasteiger partial charge is 0.445 e. The predicted molar refractivity (Wildman–Crippen MR) is 105 cm³/mol. The van der Waals surface area contributed by atoms with Gasteiger partial charge in [0.2, 0.25) is 0 Å². The van der Waals surface area contributed by atoms with Crippen molar-refractivity contribution in [3.05, 3.63) is 58.4 Å². The van der Waals surface area contributed by atoms with Gasteiger partial charge < -0.3 is 9.32 Å². The van der Waals surface area contributed by atoms with Gasteiger partial charge in [0.1, 0.15) is 17.1 Å². The molecule has 2 aromatic heterocycles. The number of hydrogen-bond donors (Lipinski definition) is 0. The van der Waals surface area contributed by atoms with Crippen LogP contribution in [0.4, 0.5) is 0 Å². The maximum atomic E-state index is 12.9. The summed E-state index contributed by atoms with van der Waals surface area (Å²) in [5, 5.41) is 1.47. The molecule has 1 aromatic carbocycles. The zero-order chi connectivity index (χ0) is 19.0. The van der Waals surface area contributed by atoms with E-state index in [0.29, 0.717) is 41.7 Å². The Bertz CT molecular complexity index is 996. The van der Waals surface area contributed by atoms with Crippen molar-refractivity contribution in [2.75, 3.05) is 6.54 Å². The van der Waals surface area contributed by atoms with E-state index in [9.17, 15) is 4.79 Å². The van der Waals surface area contributed by atoms with Crippen LogP contribution in [0.2, 0.25) is 5.02 Å². The number of fused-ring (bicyclic) bond motifs is 2. The van der Waals surface area contributed by atoms with Crippen molar-refractivity contribution in [2.45, 2.75) is 39.7 Å². The van der Waals surface area contributed by atoms with Crippen molar-refractivity contribution in [3.8, 4) is 0 Å². The van der Waals surface area contributed by atoms with Gasteiger partial charge in [-0.2, -0.15) is 0 Å². The third-order valence-electron chi connectivity index (χ3n) is 4.88. The van der Waals surface area contributed by atoms with E-state index in [0.717, 1.165) is 35.6 Å². The quantitative estimate of drug-likeness (QED) is 0.657. The highest BCUT2D eigenvalue weighted by atomic mass is 35.5. The molecule has 0 aliphatic carbocycles. The predicted octanol–water partition coefficient (Wildman–Crippen LogP) is 4.66. The molecule has 0 radical (unpaired) electrons. The number of para-hydroxylation sites is 1. The third-order valence-corrected chi connectivity index (χ3v) is 5.19. The first-order valence-corrected chi connectivity index (χ1v) is 9.71. The molecule has 0 bridgehead atoms. The van der Waals surface area contributed by atoms with Crippen molar-refractivity contribution in [3.63, 3.8) is 0 Å². The van der Waals surface area contributed by atoms with E-state index in [2.05, 4.69) is 23.8 Å². The summed E-state index contributed by atoms with van der Waals surface area (Å²) in [6.07, 6.45) is 2.57. The number of benzene rings is 1. The van der Waals surface area contributed by atoms with Crippen LogP contribution in [0.25, 0.3) is 10.9 Å². The first-order chi connectivity index (χ1) is 13.0. The zero-order valence-electron chi connectivity index (χ0n) is 15.5. The van der Waals surface area contributed by atoms with Gasteiger partial charge in [0.25, 0.3) is 5.91 Å². The molecular formula is C21H22ClN3O2. The van der Waals surface area contributed by atoms with Crippen molar-refractivity contribution in [1.29, 1.82) is 0 Å². The van der Waals surface area contributed by atoms with Gasteiger partial charge in [-0.25, -0.2) is 9.97 Å². The summed E-state index contributed by atoms with van der Waals surface area (Å²) in [6.45, 7) is 5.44. The van der Waals surface area contributed by atoms with E-state index in [4.69, 9.17) is 16.0 Å². The van der Waals surface area contributed by atoms with Gasteiger partial charge in [0.15, 0.2) is 5.89 Å². The zero-order valence-corrected chi connectivity index (χ0v) is 16.3. The van der Waals surface area contributed by atoms with E-state index in [1.54, 1.807) is 17.0 Å². The second-order valence-corrected chi connectivity index (χ2v) is 7.80. The third kappa shape index (κ3) is 3.69. The molecule has 1 aliphatic heterocycles. The highest BCUT2D eigenvalue weighted by molar-refractivity contribution is 6.35. The first-order valence-electron chi connectivity index (χ1n) is 9.33. The van der Waals surface area contributed by atoms with Crippen molar-refractivity contribution in [2.24, 2.45) is 5.92 Å². The van der Waals surface area contributed by atoms with Gasteiger partial charge >= 0.3 is 0 Å². The lowest BCUT2D eigenvalue weighted by Gasteiger charge is -2.25. The molecule has 4 rings (SSSR count). The lowest BCUT2D eigenvalue weighted by molar-refractivity contribution is 0.0722. The summed E-state index contributed by atoms with van der Waals surface area (Å²) in [5.41, 5.74) is 1.93. The van der Waals surface area contributed by atoms with Crippen LogP contribution in [0.3, 0.4) is 0 Å². The molecule has 1 amide bonds. The number of hydrogen-bond acceptors (Lipinski definition) is 4. The van der Waals surface area contributed by atoms with Gasteiger partial charge in [0.05, 0.1) is 17.1 Å². The minimum atomic E-state index is -0.103. The van der Waals surface area contributed by atoms with Gasteiger partial charge in [0, 0.05) is 24.8 Å². The fourth-order valence-corrected chi connectivity index (χ4v) is 3.56. The van der Waals surface area contributed by atoms with Gasteiger partial charge in [-0.15, -0.1) is 0 Å². The molecule has 0 N–H and O–H groups in total. The Morgan fingerprint density at radius 1 is 1.26 bits per heavy atom. The van der Waals surface area contributed by atoms with Crippen molar-refractivity contribution >= 4 is 28.4 Å². The summed E-state index contributed by atoms with van der Waals surface area (Å²) in [4.78, 5) is 23.8. The smallest absolute Gasteiger partial charge is 0.272 e. The van der Waals surface area contributed by atoms with Crippen LogP contribution in [0.5, 0.6) is 0 Å². The summed E-state index contributed by atoms with van der Waals surface area (Å²) >= 11 is 6.23. The molecule has 0 atom stereocenters. The molecule has 6 heteroatoms. The van der Waals surface area contributed by atoms with Crippen molar-refractivity contribution < 1.29 is 9.21 Å². The lowest BCUT2D eigenvalue weighted by atomic mass is 10.1. The summed E-state index contributed by atoms with van der Waals surface area (Å²) in [7, 11) is 0. The van der Waals surface area contributed by atoms with Gasteiger partial charge in [-0.1, -0.05) is 43.6 Å². The number of carbonyl (C=O) groups excluding carboxylic acids is 1. The average Bonchev–Trinajstić information content (AvgIpc) is 3.08. The summed E-state index contributed by atoms with van der Waals surface area (Å²) < 4.78 is 5.88. The number of aromatic nitrogens is 2. The molecular weight excluding hydrogens is 362 g/mol. The second-order valence-electron chi connectivity index (χ2n) is 7.39. The second kappa shape index (κ2) is 7.31. The standard InChI is InChI=1S/C21H22ClN3O2/c1-13(2)6-9-19-23-17-12-25(11-10-18(17)27-19)21(26)16-8-7-14-4-3-5-15(22)20(14)24-16/h3-5,7-8,13H,6,9-12H2,1-2H3. The minimum absolute atomic E-state index is 0.103. The minimum Gasteiger partial charge on any atom is -0.445 e. The van der Waals surface area contributed by atoms with E-state index < -0.39 is 0 Å². The number of nitrogens with zero attached hydrogens (tertiary/aromatic N) is 3. The van der Waals surface area contributed by atoms with Crippen LogP contribution in [-0.4, -0.2) is 27.3 Å². The molecule has 3 heterocycles. The topological polar surface area (TPSA) is 59.2 Å². The number of rotatable bonds is 4. The molecule has 0 saturated carbocycles. The molecule has 3 aromatic rings. The summed E-state index contributed by atoms with van der Waals surface area (Å²) in [6, 6.07) is 9.24. The maximum Gasteiger partial charge on any atom is 0.272 e. The van der Waals surface area contributed by atoms with Crippen LogP contribution in [0.15, 0.2) is 34.7 Å². The lowest BCUT2D eigenvalue weighted by Crippen LogP contribution is -2.36. The maximum absolute atomic E-state index is 12.9. The van der Waals surface area contributed by atoms with E-state index >= 15 is 0 Å². The number of amides is 1. The molecule has 0 saturated heterocycles. The Morgan fingerprint density at radius 3 is 2.93 bits per heavy atom. The van der Waals surface area contributed by atoms with Crippen LogP contribution in [0.1, 0.15) is 48.1 Å². The monoisotopic (exact) mass is 383 g/mol. The number of oxazole rings is 1. The van der Waals surface area contributed by atoms with Crippen LogP contribution >= 0.6 is 11.6 Å². The fraction of sp³-hybridized carbons (Fsp3) is 0.381. The Labute approximate surface area is 163 Å². The Hall–Kier alpha value is -2.40. The van der Waals surface area contributed by atoms with Crippen LogP contribution in [0, 0.1) is 5.92 Å². The van der Waals surface area contributed by atoms with Crippen molar-refractivity contribution in [1.82, 2.24) is 14.9 Å². The van der Waals surface area contributed by atoms with Crippen LogP contribution < -0.4 is 0 Å². The van der Waals surface area contributed by atoms with E-state index in [-0.39, 0.29) is 5.91 Å². The van der Waals surface area contributed by atoms with Gasteiger partial charge in [-0.05, 0) is 24.5 Å². The highest BCUT2D eigenvalue weighted by Crippen LogP contribution is 2.25. The summed E-state index contributed by atoms with van der Waals surface area (Å²) in [5.74, 6) is 2.19. The SMILES string of the molecule is CC(C)CCc1nc2c(o1)CCN(C(=O)c1ccc3cccc(Cl)c3n1)C2. The molecule has 140 valence electrons. The molecule has 1 aliphatic rings. The average molecular weight is 384 g/mol. The number of pyridine rings is 1.